The molecule has 1 fully saturated rings. The first kappa shape index (κ1) is 21.6. The van der Waals surface area contributed by atoms with Gasteiger partial charge >= 0.3 is 0 Å². The van der Waals surface area contributed by atoms with Crippen molar-refractivity contribution in [1.29, 1.82) is 0 Å². The maximum atomic E-state index is 13.4. The zero-order valence-electron chi connectivity index (χ0n) is 16.0. The van der Waals surface area contributed by atoms with Crippen LogP contribution < -0.4 is 20.7 Å². The lowest BCUT2D eigenvalue weighted by Crippen LogP contribution is -2.71. The third kappa shape index (κ3) is 3.87. The number of carbonyl (C=O) groups excluding carboxylic acids is 3. The van der Waals surface area contributed by atoms with E-state index in [0.29, 0.717) is 5.57 Å². The highest BCUT2D eigenvalue weighted by atomic mass is 32.2. The predicted octanol–water partition coefficient (Wildman–Crippen LogP) is -2.17. The van der Waals surface area contributed by atoms with Gasteiger partial charge in [0.15, 0.2) is 17.0 Å². The van der Waals surface area contributed by atoms with Crippen LogP contribution in [0.15, 0.2) is 40.5 Å². The van der Waals surface area contributed by atoms with E-state index >= 15 is 0 Å². The molecule has 15 heteroatoms. The second kappa shape index (κ2) is 8.51. The van der Waals surface area contributed by atoms with Crippen LogP contribution in [0.5, 0.6) is 0 Å². The maximum Gasteiger partial charge on any atom is 0.286 e. The molecule has 2 amide bonds. The van der Waals surface area contributed by atoms with Gasteiger partial charge in [0.25, 0.3) is 18.1 Å². The lowest BCUT2D eigenvalue weighted by molar-refractivity contribution is -0.693. The van der Waals surface area contributed by atoms with E-state index in [2.05, 4.69) is 20.4 Å². The number of nitrogens with zero attached hydrogens (tertiary/aromatic N) is 5. The van der Waals surface area contributed by atoms with E-state index in [-0.39, 0.29) is 28.8 Å². The number of rotatable bonds is 6. The first-order valence-electron chi connectivity index (χ1n) is 8.92. The van der Waals surface area contributed by atoms with Crippen molar-refractivity contribution in [2.75, 3.05) is 11.5 Å². The van der Waals surface area contributed by atoms with Crippen LogP contribution in [0.1, 0.15) is 5.69 Å². The van der Waals surface area contributed by atoms with Crippen LogP contribution in [-0.4, -0.2) is 60.7 Å². The Hall–Kier alpha value is -3.59. The minimum Gasteiger partial charge on any atom is -0.543 e. The summed E-state index contributed by atoms with van der Waals surface area (Å²) < 4.78 is 14.8. The zero-order valence-corrected chi connectivity index (χ0v) is 17.6. The number of hydrogen-bond acceptors (Lipinski definition) is 11. The number of carboxylic acids is 1. The van der Waals surface area contributed by atoms with E-state index in [0.717, 1.165) is 28.6 Å². The summed E-state index contributed by atoms with van der Waals surface area (Å²) >= 11 is 2.25. The van der Waals surface area contributed by atoms with Crippen molar-refractivity contribution in [2.24, 2.45) is 5.16 Å². The van der Waals surface area contributed by atoms with Gasteiger partial charge in [-0.15, -0.1) is 23.1 Å². The fourth-order valence-electron chi connectivity index (χ4n) is 3.33. The molecule has 0 saturated carbocycles. The molecule has 0 aromatic carbocycles. The zero-order chi connectivity index (χ0) is 23.0. The van der Waals surface area contributed by atoms with Gasteiger partial charge in [0.1, 0.15) is 29.9 Å². The Kier molecular flexibility index (Phi) is 5.75. The van der Waals surface area contributed by atoms with Crippen molar-refractivity contribution in [3.05, 3.63) is 46.9 Å². The average Bonchev–Trinajstić information content (AvgIpc) is 3.17. The van der Waals surface area contributed by atoms with Crippen LogP contribution in [0, 0.1) is 5.82 Å². The molecule has 0 bridgehead atoms. The number of nitrogens with one attached hydrogen (secondary N) is 1. The minimum absolute atomic E-state index is 0.0127. The number of halogens is 1. The van der Waals surface area contributed by atoms with Crippen molar-refractivity contribution in [1.82, 2.24) is 20.2 Å². The molecule has 0 aliphatic carbocycles. The molecule has 4 N–H and O–H groups in total. The Morgan fingerprint density at radius 1 is 1.50 bits per heavy atom. The molecule has 2 aliphatic heterocycles. The highest BCUT2D eigenvalue weighted by Crippen LogP contribution is 2.40. The van der Waals surface area contributed by atoms with Gasteiger partial charge in [0.05, 0.1) is 11.7 Å². The number of carboxylic acid groups (broad SMARTS) is 1. The van der Waals surface area contributed by atoms with E-state index in [1.54, 1.807) is 0 Å². The summed E-state index contributed by atoms with van der Waals surface area (Å²) in [5.74, 6) is -3.52. The van der Waals surface area contributed by atoms with Gasteiger partial charge in [-0.2, -0.15) is 4.39 Å². The summed E-state index contributed by atoms with van der Waals surface area (Å²) in [6.07, 6.45) is 3.47. The molecule has 166 valence electrons. The lowest BCUT2D eigenvalue weighted by atomic mass is 10.0. The summed E-state index contributed by atoms with van der Waals surface area (Å²) in [5, 5.41) is 27.2. The Balaban J connectivity index is 1.53. The molecule has 2 atom stereocenters. The highest BCUT2D eigenvalue weighted by molar-refractivity contribution is 8.00. The van der Waals surface area contributed by atoms with Crippen LogP contribution in [0.2, 0.25) is 0 Å². The largest absolute Gasteiger partial charge is 0.543 e. The summed E-state index contributed by atoms with van der Waals surface area (Å²) in [5.41, 5.74) is 5.12. The summed E-state index contributed by atoms with van der Waals surface area (Å²) in [4.78, 5) is 45.6. The molecule has 0 spiro atoms. The van der Waals surface area contributed by atoms with Crippen molar-refractivity contribution in [3.8, 4) is 0 Å². The Morgan fingerprint density at radius 2 is 2.28 bits per heavy atom. The number of anilines is 1. The number of aliphatic carboxylic acids is 1. The Labute approximate surface area is 187 Å². The molecule has 1 saturated heterocycles. The third-order valence-electron chi connectivity index (χ3n) is 4.68. The molecule has 4 heterocycles. The van der Waals surface area contributed by atoms with Crippen LogP contribution in [0.4, 0.5) is 9.52 Å². The molecule has 0 radical (unpaired) electrons. The minimum atomic E-state index is -1.57. The van der Waals surface area contributed by atoms with Crippen molar-refractivity contribution >= 4 is 51.7 Å². The Morgan fingerprint density at radius 3 is 2.91 bits per heavy atom. The van der Waals surface area contributed by atoms with Crippen LogP contribution in [-0.2, 0) is 20.9 Å². The number of oxime groups is 1. The molecular formula is C17H14FN7O5S2. The number of thiazole rings is 1. The van der Waals surface area contributed by atoms with Gasteiger partial charge in [-0.3, -0.25) is 14.5 Å². The lowest BCUT2D eigenvalue weighted by Gasteiger charge is -2.50. The van der Waals surface area contributed by atoms with Gasteiger partial charge in [-0.25, -0.2) is 9.55 Å². The molecule has 12 nitrogen and oxygen atoms in total. The average molecular weight is 479 g/mol. The van der Waals surface area contributed by atoms with Gasteiger partial charge in [0, 0.05) is 16.7 Å². The standard InChI is InChI=1S/C17H14FN7O5S2/c18-8-1-20-6-24(3-8)2-7-4-31-15-11(14(27)25(15)12(7)16(28)29)22-13(26)10(23-30)9-5-32-17(19)21-9/h1,3,5-6,11,15H,2,4H2,(H4-,19,21,22,26,28,29,30)/t11-,15?/m1/s1. The van der Waals surface area contributed by atoms with Crippen LogP contribution in [0.25, 0.3) is 0 Å². The molecular weight excluding hydrogens is 465 g/mol. The maximum absolute atomic E-state index is 13.4. The number of nitrogens with two attached hydrogens (primary N) is 1. The molecule has 1 unspecified atom stereocenters. The third-order valence-corrected chi connectivity index (χ3v) is 6.70. The number of hydrogen-bond donors (Lipinski definition) is 3. The second-order valence-corrected chi connectivity index (χ2v) is 8.69. The van der Waals surface area contributed by atoms with Crippen LogP contribution >= 0.6 is 23.1 Å². The van der Waals surface area contributed by atoms with Crippen LogP contribution in [0.3, 0.4) is 0 Å². The van der Waals surface area contributed by atoms with Gasteiger partial charge in [-0.05, 0) is 0 Å². The topological polar surface area (TPSA) is 178 Å². The smallest absolute Gasteiger partial charge is 0.286 e. The van der Waals surface area contributed by atoms with Gasteiger partial charge in [0.2, 0.25) is 5.82 Å². The number of nitrogen functional groups attached to an aromatic ring is 1. The van der Waals surface area contributed by atoms with Crippen molar-refractivity contribution in [2.45, 2.75) is 18.0 Å². The number of aromatic nitrogens is 3. The van der Waals surface area contributed by atoms with Gasteiger partial charge < -0.3 is 26.2 Å². The highest BCUT2D eigenvalue weighted by Gasteiger charge is 2.53. The summed E-state index contributed by atoms with van der Waals surface area (Å²) in [6, 6.07) is -1.06. The van der Waals surface area contributed by atoms with E-state index < -0.39 is 40.7 Å². The number of thioether (sulfide) groups is 1. The molecule has 2 aromatic rings. The second-order valence-electron chi connectivity index (χ2n) is 6.70. The normalized spacial score (nSPS) is 20.6. The number of amides is 2. The van der Waals surface area contributed by atoms with E-state index in [9.17, 15) is 29.1 Å². The van der Waals surface area contributed by atoms with Crippen molar-refractivity contribution in [3.63, 3.8) is 0 Å². The van der Waals surface area contributed by atoms with E-state index in [1.807, 2.05) is 0 Å². The SMILES string of the molecule is Nc1nc(/C(=N/O)C(=O)N[C@@H]2C(=O)N3C(C(=O)[O-])=C(C[n+]4cncc(F)c4)CSC23)cs1. The molecule has 4 rings (SSSR count). The monoisotopic (exact) mass is 479 g/mol. The Bertz CT molecular complexity index is 1180. The summed E-state index contributed by atoms with van der Waals surface area (Å²) in [6.45, 7) is -0.0127. The number of fused-ring (bicyclic) bond motifs is 1. The van der Waals surface area contributed by atoms with E-state index in [4.69, 9.17) is 5.73 Å². The molecule has 2 aromatic heterocycles. The van der Waals surface area contributed by atoms with Crippen molar-refractivity contribution < 1.29 is 33.7 Å². The fraction of sp³-hybridized carbons (Fsp3) is 0.235. The number of β-lactam (4-membered cyclic amide) rings is 1. The summed E-state index contributed by atoms with van der Waals surface area (Å²) in [7, 11) is 0. The first-order chi connectivity index (χ1) is 15.3. The predicted molar refractivity (Wildman–Crippen MR) is 106 cm³/mol. The molecule has 32 heavy (non-hydrogen) atoms. The first-order valence-corrected chi connectivity index (χ1v) is 10.8. The number of carbonyl (C=O) groups is 3. The van der Waals surface area contributed by atoms with E-state index in [1.165, 1.54) is 28.0 Å². The quantitative estimate of drug-likeness (QED) is 0.137. The fourth-order valence-corrected chi connectivity index (χ4v) is 5.22. The molecule has 2 aliphatic rings. The van der Waals surface area contributed by atoms with Gasteiger partial charge in [-0.1, -0.05) is 10.1 Å².